The third kappa shape index (κ3) is 2.84. The maximum atomic E-state index is 11.5. The van der Waals surface area contributed by atoms with Crippen molar-refractivity contribution in [3.8, 4) is 0 Å². The summed E-state index contributed by atoms with van der Waals surface area (Å²) in [6.07, 6.45) is 3.69. The van der Waals surface area contributed by atoms with Crippen LogP contribution >= 0.6 is 0 Å². The molecule has 0 unspecified atom stereocenters. The summed E-state index contributed by atoms with van der Waals surface area (Å²) in [5, 5.41) is 5.92. The van der Waals surface area contributed by atoms with E-state index in [1.165, 1.54) is 0 Å². The van der Waals surface area contributed by atoms with E-state index in [4.69, 9.17) is 4.74 Å². The second-order valence-electron chi connectivity index (χ2n) is 4.34. The van der Waals surface area contributed by atoms with Crippen LogP contribution < -0.4 is 10.6 Å². The number of amides is 1. The fraction of sp³-hybridized carbons (Fsp3) is 0.545. The molecule has 88 valence electrons. The third-order valence-electron chi connectivity index (χ3n) is 2.70. The number of carbonyl (C=O) groups is 1. The molecule has 0 saturated carbocycles. The van der Waals surface area contributed by atoms with Gasteiger partial charge in [-0.05, 0) is 18.6 Å². The summed E-state index contributed by atoms with van der Waals surface area (Å²) in [6.45, 7) is 4.31. The molecular weight excluding hydrogens is 206 g/mol. The van der Waals surface area contributed by atoms with E-state index in [1.807, 2.05) is 25.4 Å². The van der Waals surface area contributed by atoms with Gasteiger partial charge in [-0.3, -0.25) is 4.79 Å². The summed E-state index contributed by atoms with van der Waals surface area (Å²) in [7, 11) is 0. The van der Waals surface area contributed by atoms with Crippen LogP contribution in [-0.4, -0.2) is 36.2 Å². The number of hydrogen-bond acceptors (Lipinski definition) is 3. The number of hydrogen-bond donors (Lipinski definition) is 3. The number of carbonyl (C=O) groups excluding carboxylic acids is 1. The Labute approximate surface area is 94.6 Å². The zero-order valence-electron chi connectivity index (χ0n) is 9.38. The van der Waals surface area contributed by atoms with Crippen LogP contribution in [-0.2, 0) is 16.1 Å². The van der Waals surface area contributed by atoms with Gasteiger partial charge < -0.3 is 20.4 Å². The smallest absolute Gasteiger partial charge is 0.246 e. The largest absolute Gasteiger partial charge is 0.367 e. The molecule has 2 rings (SSSR count). The lowest BCUT2D eigenvalue weighted by molar-refractivity contribution is -0.136. The van der Waals surface area contributed by atoms with Crippen molar-refractivity contribution in [3.05, 3.63) is 24.0 Å². The zero-order valence-corrected chi connectivity index (χ0v) is 9.38. The minimum atomic E-state index is -0.161. The second-order valence-corrected chi connectivity index (χ2v) is 4.34. The average Bonchev–Trinajstić information content (AvgIpc) is 2.73. The Morgan fingerprint density at radius 3 is 3.00 bits per heavy atom. The predicted octanol–water partition coefficient (Wildman–Crippen LogP) is 0.00940. The van der Waals surface area contributed by atoms with Gasteiger partial charge in [0, 0.05) is 32.0 Å². The average molecular weight is 223 g/mol. The van der Waals surface area contributed by atoms with Crippen molar-refractivity contribution in [2.75, 3.05) is 19.7 Å². The molecule has 5 nitrogen and oxygen atoms in total. The van der Waals surface area contributed by atoms with E-state index in [0.29, 0.717) is 6.54 Å². The molecule has 0 radical (unpaired) electrons. The van der Waals surface area contributed by atoms with Crippen LogP contribution in [0.25, 0.3) is 0 Å². The van der Waals surface area contributed by atoms with E-state index in [2.05, 4.69) is 15.6 Å². The highest BCUT2D eigenvalue weighted by molar-refractivity contribution is 5.77. The van der Waals surface area contributed by atoms with E-state index in [9.17, 15) is 4.79 Å². The summed E-state index contributed by atoms with van der Waals surface area (Å²) in [6, 6.07) is 1.93. The molecule has 1 fully saturated rings. The standard InChI is InChI=1S/C11H17N3O2/c1-11(7-13-8-11)16-6-10(15)14-5-9-2-3-12-4-9/h2-4,12-13H,5-8H2,1H3,(H,14,15). The van der Waals surface area contributed by atoms with E-state index >= 15 is 0 Å². The van der Waals surface area contributed by atoms with Crippen LogP contribution in [0.2, 0.25) is 0 Å². The summed E-state index contributed by atoms with van der Waals surface area (Å²) in [5.41, 5.74) is 0.899. The van der Waals surface area contributed by atoms with Crippen molar-refractivity contribution in [1.29, 1.82) is 0 Å². The molecule has 1 saturated heterocycles. The Kier molecular flexibility index (Phi) is 3.26. The molecule has 5 heteroatoms. The van der Waals surface area contributed by atoms with E-state index < -0.39 is 0 Å². The first-order chi connectivity index (χ1) is 7.68. The first-order valence-electron chi connectivity index (χ1n) is 5.41. The molecule has 0 aliphatic carbocycles. The van der Waals surface area contributed by atoms with Crippen molar-refractivity contribution in [2.24, 2.45) is 0 Å². The van der Waals surface area contributed by atoms with Crippen LogP contribution in [0.4, 0.5) is 0 Å². The monoisotopic (exact) mass is 223 g/mol. The molecule has 1 aliphatic heterocycles. The summed E-state index contributed by atoms with van der Waals surface area (Å²) >= 11 is 0. The normalized spacial score (nSPS) is 17.8. The molecule has 0 atom stereocenters. The van der Waals surface area contributed by atoms with Gasteiger partial charge >= 0.3 is 0 Å². The van der Waals surface area contributed by atoms with Gasteiger partial charge in [-0.15, -0.1) is 0 Å². The van der Waals surface area contributed by atoms with Gasteiger partial charge in [0.25, 0.3) is 0 Å². The molecule has 0 spiro atoms. The van der Waals surface area contributed by atoms with Crippen LogP contribution in [0.3, 0.4) is 0 Å². The lowest BCUT2D eigenvalue weighted by Gasteiger charge is -2.38. The van der Waals surface area contributed by atoms with Gasteiger partial charge in [-0.2, -0.15) is 0 Å². The molecule has 0 aromatic carbocycles. The molecule has 1 aliphatic rings. The van der Waals surface area contributed by atoms with Crippen molar-refractivity contribution in [2.45, 2.75) is 19.1 Å². The number of rotatable bonds is 5. The maximum Gasteiger partial charge on any atom is 0.246 e. The van der Waals surface area contributed by atoms with Gasteiger partial charge in [-0.1, -0.05) is 0 Å². The van der Waals surface area contributed by atoms with Crippen LogP contribution in [0, 0.1) is 0 Å². The molecule has 1 aromatic rings. The van der Waals surface area contributed by atoms with Crippen molar-refractivity contribution in [1.82, 2.24) is 15.6 Å². The molecule has 3 N–H and O–H groups in total. The predicted molar refractivity (Wildman–Crippen MR) is 59.9 cm³/mol. The first-order valence-corrected chi connectivity index (χ1v) is 5.41. The Morgan fingerprint density at radius 1 is 1.62 bits per heavy atom. The summed E-state index contributed by atoms with van der Waals surface area (Å²) in [5.74, 6) is -0.0747. The van der Waals surface area contributed by atoms with E-state index in [1.54, 1.807) is 0 Å². The topological polar surface area (TPSA) is 66.1 Å². The van der Waals surface area contributed by atoms with Crippen molar-refractivity contribution < 1.29 is 9.53 Å². The van der Waals surface area contributed by atoms with Crippen molar-refractivity contribution in [3.63, 3.8) is 0 Å². The molecule has 16 heavy (non-hydrogen) atoms. The first kappa shape index (κ1) is 11.2. The molecule has 0 bridgehead atoms. The minimum Gasteiger partial charge on any atom is -0.367 e. The van der Waals surface area contributed by atoms with Gasteiger partial charge in [-0.25, -0.2) is 0 Å². The number of nitrogens with one attached hydrogen (secondary N) is 3. The molecule has 1 amide bonds. The quantitative estimate of drug-likeness (QED) is 0.658. The second kappa shape index (κ2) is 4.67. The highest BCUT2D eigenvalue weighted by atomic mass is 16.5. The summed E-state index contributed by atoms with van der Waals surface area (Å²) in [4.78, 5) is 14.4. The Hall–Kier alpha value is -1.33. The number of H-pyrrole nitrogens is 1. The van der Waals surface area contributed by atoms with Crippen LogP contribution in [0.1, 0.15) is 12.5 Å². The Bertz CT molecular complexity index is 344. The van der Waals surface area contributed by atoms with E-state index in [-0.39, 0.29) is 18.1 Å². The molecule has 1 aromatic heterocycles. The molecule has 2 heterocycles. The van der Waals surface area contributed by atoms with Crippen LogP contribution in [0.5, 0.6) is 0 Å². The van der Waals surface area contributed by atoms with Gasteiger partial charge in [0.2, 0.25) is 5.91 Å². The Balaban J connectivity index is 1.65. The maximum absolute atomic E-state index is 11.5. The number of aromatic nitrogens is 1. The van der Waals surface area contributed by atoms with E-state index in [0.717, 1.165) is 18.7 Å². The minimum absolute atomic E-state index is 0.0747. The van der Waals surface area contributed by atoms with Gasteiger partial charge in [0.1, 0.15) is 6.61 Å². The van der Waals surface area contributed by atoms with Gasteiger partial charge in [0.15, 0.2) is 0 Å². The highest BCUT2D eigenvalue weighted by Gasteiger charge is 2.32. The molecular formula is C11H17N3O2. The SMILES string of the molecule is CC1(OCC(=O)NCc2cc[nH]c2)CNC1. The fourth-order valence-corrected chi connectivity index (χ4v) is 1.54. The van der Waals surface area contributed by atoms with Crippen LogP contribution in [0.15, 0.2) is 18.5 Å². The Morgan fingerprint density at radius 2 is 2.44 bits per heavy atom. The fourth-order valence-electron chi connectivity index (χ4n) is 1.54. The highest BCUT2D eigenvalue weighted by Crippen LogP contribution is 2.14. The van der Waals surface area contributed by atoms with Crippen molar-refractivity contribution >= 4 is 5.91 Å². The van der Waals surface area contributed by atoms with Gasteiger partial charge in [0.05, 0.1) is 5.60 Å². The number of ether oxygens (including phenoxy) is 1. The third-order valence-corrected chi connectivity index (χ3v) is 2.70. The number of aromatic amines is 1. The lowest BCUT2D eigenvalue weighted by Crippen LogP contribution is -2.59. The zero-order chi connectivity index (χ0) is 11.4. The summed E-state index contributed by atoms with van der Waals surface area (Å²) < 4.78 is 5.51. The lowest BCUT2D eigenvalue weighted by atomic mass is 10.0.